The highest BCUT2D eigenvalue weighted by Crippen LogP contribution is 2.45. The molecule has 4 nitrogen and oxygen atoms in total. The van der Waals surface area contributed by atoms with Gasteiger partial charge in [-0.25, -0.2) is 0 Å². The van der Waals surface area contributed by atoms with Crippen LogP contribution in [-0.2, 0) is 9.47 Å². The summed E-state index contributed by atoms with van der Waals surface area (Å²) in [6, 6.07) is 33.1. The minimum atomic E-state index is -1.16. The van der Waals surface area contributed by atoms with Crippen LogP contribution in [0.4, 0.5) is 9.59 Å². The first-order valence-electron chi connectivity index (χ1n) is 17.6. The summed E-state index contributed by atoms with van der Waals surface area (Å²) in [7, 11) is -2.25. The van der Waals surface area contributed by atoms with E-state index in [1.54, 1.807) is 0 Å². The van der Waals surface area contributed by atoms with Gasteiger partial charge >= 0.3 is 0 Å². The first-order valence-corrected chi connectivity index (χ1v) is 18.9. The molecule has 2 atom stereocenters. The zero-order valence-corrected chi connectivity index (χ0v) is 30.6. The molecule has 0 N–H and O–H groups in total. The van der Waals surface area contributed by atoms with Crippen molar-refractivity contribution < 1.29 is 19.1 Å². The lowest BCUT2D eigenvalue weighted by atomic mass is 9.98. The van der Waals surface area contributed by atoms with Crippen molar-refractivity contribution in [3.05, 3.63) is 119 Å². The number of ether oxygens (including phenoxy) is 2. The molecule has 2 unspecified atom stereocenters. The molecule has 0 spiro atoms. The molecule has 244 valence electrons. The third-order valence-electron chi connectivity index (χ3n) is 7.57. The van der Waals surface area contributed by atoms with E-state index in [9.17, 15) is 9.59 Å². The minimum absolute atomic E-state index is 0.0794. The Morgan fingerprint density at radius 2 is 0.957 bits per heavy atom. The van der Waals surface area contributed by atoms with Crippen molar-refractivity contribution in [1.82, 2.24) is 0 Å². The van der Waals surface area contributed by atoms with E-state index in [1.807, 2.05) is 97.0 Å². The predicted molar refractivity (Wildman–Crippen MR) is 207 cm³/mol. The van der Waals surface area contributed by atoms with Crippen molar-refractivity contribution in [3.8, 4) is 22.3 Å². The third kappa shape index (κ3) is 10.2. The van der Waals surface area contributed by atoms with Gasteiger partial charge < -0.3 is 9.47 Å². The Kier molecular flexibility index (Phi) is 15.1. The molecule has 0 bridgehead atoms. The Balaban J connectivity index is 0.000000241. The average molecular weight is 666 g/mol. The number of hydrogen-bond donors (Lipinski definition) is 0. The molecular weight excluding hydrogens is 616 g/mol. The van der Waals surface area contributed by atoms with Crippen LogP contribution in [0.2, 0.25) is 0 Å². The largest absolute Gasteiger partial charge is 0.473 e. The summed E-state index contributed by atoms with van der Waals surface area (Å²) in [4.78, 5) is 23.8. The highest BCUT2D eigenvalue weighted by atomic mass is 31.1. The summed E-state index contributed by atoms with van der Waals surface area (Å²) in [6.07, 6.45) is 0.680. The van der Waals surface area contributed by atoms with Crippen LogP contribution in [-0.4, -0.2) is 53.3 Å². The van der Waals surface area contributed by atoms with Crippen molar-refractivity contribution in [3.63, 3.8) is 0 Å². The highest BCUT2D eigenvalue weighted by molar-refractivity contribution is 7.76. The Hall–Kier alpha value is -3.19. The molecule has 0 saturated carbocycles. The van der Waals surface area contributed by atoms with Gasteiger partial charge in [-0.05, 0) is 56.3 Å². The molecule has 2 aliphatic carbocycles. The number of rotatable bonds is 10. The lowest BCUT2D eigenvalue weighted by Gasteiger charge is -2.14. The van der Waals surface area contributed by atoms with Crippen LogP contribution in [0.1, 0.15) is 82.6 Å². The minimum Gasteiger partial charge on any atom is -0.473 e. The van der Waals surface area contributed by atoms with Crippen molar-refractivity contribution in [2.24, 2.45) is 0 Å². The Morgan fingerprint density at radius 1 is 0.638 bits per heavy atom. The molecule has 0 aliphatic heterocycles. The molecule has 0 amide bonds. The van der Waals surface area contributed by atoms with Crippen molar-refractivity contribution in [2.75, 3.05) is 19.4 Å². The highest BCUT2D eigenvalue weighted by Gasteiger charge is 2.30. The van der Waals surface area contributed by atoms with Crippen molar-refractivity contribution in [1.29, 1.82) is 2.56 Å². The van der Waals surface area contributed by atoms with E-state index in [0.29, 0.717) is 19.4 Å². The SMILES string of the molecule is CC.CC.[2H]P([B]C(=O)OCC1c2ccccc2-c2ccccc21)C(C)C.[2H]P([B]C(=O)OCC1c2ccccc2-c2ccccc21)CC. The Bertz CT molecular complexity index is 1560. The molecule has 4 aromatic rings. The molecule has 4 aromatic carbocycles. The smallest absolute Gasteiger partial charge is 0.291 e. The van der Waals surface area contributed by atoms with Gasteiger partial charge in [0.15, 0.2) is 0 Å². The Morgan fingerprint density at radius 3 is 1.28 bits per heavy atom. The van der Waals surface area contributed by atoms with Crippen LogP contribution in [0.15, 0.2) is 97.1 Å². The monoisotopic (exact) mass is 666 g/mol. The molecule has 0 heterocycles. The number of hydrogen-bond acceptors (Lipinski definition) is 4. The molecule has 0 aromatic heterocycles. The second kappa shape index (κ2) is 20.2. The standard InChI is InChI=1S/C18H19BO2P.C17H17BO2P.2C2H6/c1-12(2)22-19-18(20)21-11-17-15-9-5-3-7-13(15)14-8-4-6-10-16(14)17;1-2-21-18-17(19)20-11-16-14-9-5-3-7-12(14)13-8-4-6-10-15(13)16;2*1-2/h3-10,12,17,22H,11H2,1-2H3;3-10,16,21H,2,11H2,1H3;2*1-2H3/i22D;21D;;. The number of fused-ring (bicyclic) bond motifs is 6. The van der Waals surface area contributed by atoms with Crippen LogP contribution in [0.3, 0.4) is 0 Å². The normalized spacial score (nSPS) is 13.9. The quantitative estimate of drug-likeness (QED) is 0.125. The second-order valence-corrected chi connectivity index (χ2v) is 13.6. The van der Waals surface area contributed by atoms with Crippen molar-refractivity contribution in [2.45, 2.75) is 66.0 Å². The maximum absolute atomic E-state index is 12.0. The molecule has 0 fully saturated rings. The van der Waals surface area contributed by atoms with Gasteiger partial charge in [0.1, 0.15) is 13.2 Å². The lowest BCUT2D eigenvalue weighted by molar-refractivity contribution is 0.168. The summed E-state index contributed by atoms with van der Waals surface area (Å²) < 4.78 is 26.4. The predicted octanol–water partition coefficient (Wildman–Crippen LogP) is 10.9. The van der Waals surface area contributed by atoms with E-state index >= 15 is 0 Å². The van der Waals surface area contributed by atoms with E-state index in [-0.39, 0.29) is 29.2 Å². The van der Waals surface area contributed by atoms with Crippen LogP contribution in [0.5, 0.6) is 0 Å². The number of carbonyl (C=O) groups is 2. The topological polar surface area (TPSA) is 52.6 Å². The van der Waals surface area contributed by atoms with Gasteiger partial charge in [0.25, 0.3) is 25.7 Å². The van der Waals surface area contributed by atoms with E-state index in [0.717, 1.165) is 0 Å². The van der Waals surface area contributed by atoms with Crippen LogP contribution >= 0.6 is 16.8 Å². The zero-order valence-electron chi connectivity index (χ0n) is 30.8. The third-order valence-corrected chi connectivity index (χ3v) is 9.28. The molecule has 0 saturated heterocycles. The van der Waals surface area contributed by atoms with Crippen LogP contribution < -0.4 is 0 Å². The van der Waals surface area contributed by atoms with Crippen molar-refractivity contribution >= 4 is 42.5 Å². The van der Waals surface area contributed by atoms with Gasteiger partial charge in [-0.1, -0.05) is 146 Å². The molecule has 2 aliphatic rings. The van der Waals surface area contributed by atoms with Gasteiger partial charge in [0.05, 0.1) is 0 Å². The fourth-order valence-electron chi connectivity index (χ4n) is 5.66. The second-order valence-electron chi connectivity index (χ2n) is 10.7. The Labute approximate surface area is 290 Å². The zero-order chi connectivity index (χ0) is 35.9. The summed E-state index contributed by atoms with van der Waals surface area (Å²) in [5.41, 5.74) is 9.89. The summed E-state index contributed by atoms with van der Waals surface area (Å²) in [5.74, 6) is -0.578. The molecular formula is C39H48B2O4P2. The first-order chi connectivity index (χ1) is 23.8. The summed E-state index contributed by atoms with van der Waals surface area (Å²) in [5, 5.41) is 0. The average Bonchev–Trinajstić information content (AvgIpc) is 3.64. The van der Waals surface area contributed by atoms with E-state index in [4.69, 9.17) is 12.0 Å². The van der Waals surface area contributed by atoms with Gasteiger partial charge in [0.2, 0.25) is 0 Å². The lowest BCUT2D eigenvalue weighted by Crippen LogP contribution is -2.15. The summed E-state index contributed by atoms with van der Waals surface area (Å²) in [6.45, 7) is 17.3. The molecule has 8 heteroatoms. The molecule has 47 heavy (non-hydrogen) atoms. The van der Waals surface area contributed by atoms with Gasteiger partial charge in [-0.15, -0.1) is 16.8 Å². The van der Waals surface area contributed by atoms with Crippen LogP contribution in [0, 0.1) is 0 Å². The first kappa shape index (κ1) is 35.1. The fraction of sp³-hybridized carbons (Fsp3) is 0.333. The molecule has 2 radical (unpaired) electrons. The van der Waals surface area contributed by atoms with Crippen LogP contribution in [0.25, 0.3) is 22.3 Å². The van der Waals surface area contributed by atoms with Gasteiger partial charge in [0, 0.05) is 14.4 Å². The summed E-state index contributed by atoms with van der Waals surface area (Å²) >= 11 is 0. The van der Waals surface area contributed by atoms with Gasteiger partial charge in [-0.2, -0.15) is 0 Å². The fourth-order valence-corrected chi connectivity index (χ4v) is 6.56. The number of benzene rings is 4. The van der Waals surface area contributed by atoms with E-state index < -0.39 is 16.8 Å². The maximum Gasteiger partial charge on any atom is 0.291 e. The molecule has 6 rings (SSSR count). The maximum atomic E-state index is 12.0. The van der Waals surface area contributed by atoms with Gasteiger partial charge in [-0.3, -0.25) is 9.59 Å². The van der Waals surface area contributed by atoms with E-state index in [2.05, 4.69) is 48.5 Å². The van der Waals surface area contributed by atoms with E-state index in [1.165, 1.54) is 58.5 Å². The number of carbonyl (C=O) groups excluding carboxylic acids is 2.